The lowest BCUT2D eigenvalue weighted by Gasteiger charge is -2.28. The van der Waals surface area contributed by atoms with Crippen LogP contribution in [0.3, 0.4) is 0 Å². The molecule has 0 saturated carbocycles. The molecule has 1 saturated heterocycles. The summed E-state index contributed by atoms with van der Waals surface area (Å²) in [7, 11) is -3.23. The second kappa shape index (κ2) is 4.39. The van der Waals surface area contributed by atoms with Gasteiger partial charge in [0, 0.05) is 13.1 Å². The van der Waals surface area contributed by atoms with Crippen molar-refractivity contribution in [3.8, 4) is 0 Å². The van der Waals surface area contributed by atoms with E-state index in [0.29, 0.717) is 13.1 Å². The monoisotopic (exact) mass is 207 g/mol. The van der Waals surface area contributed by atoms with Crippen molar-refractivity contribution < 1.29 is 13.5 Å². The smallest absolute Gasteiger partial charge is 0.218 e. The molecule has 0 aromatic rings. The van der Waals surface area contributed by atoms with Crippen LogP contribution in [0.15, 0.2) is 0 Å². The number of hydrogen-bond donors (Lipinski definition) is 1. The highest BCUT2D eigenvalue weighted by Crippen LogP contribution is 2.16. The fraction of sp³-hybridized carbons (Fsp3) is 1.00. The van der Waals surface area contributed by atoms with E-state index >= 15 is 0 Å². The van der Waals surface area contributed by atoms with Gasteiger partial charge in [0.15, 0.2) is 0 Å². The van der Waals surface area contributed by atoms with Gasteiger partial charge in [-0.3, -0.25) is 0 Å². The van der Waals surface area contributed by atoms with Crippen LogP contribution < -0.4 is 0 Å². The van der Waals surface area contributed by atoms with Crippen LogP contribution in [0.1, 0.15) is 26.2 Å². The van der Waals surface area contributed by atoms with E-state index in [4.69, 9.17) is 5.11 Å². The lowest BCUT2D eigenvalue weighted by atomic mass is 10.2. The molecule has 1 rings (SSSR count). The van der Waals surface area contributed by atoms with Crippen molar-refractivity contribution in [2.24, 2.45) is 0 Å². The number of aliphatic hydroxyl groups is 1. The molecular formula is C8H17NO3S. The van der Waals surface area contributed by atoms with Crippen LogP contribution in [0.2, 0.25) is 0 Å². The first-order valence-corrected chi connectivity index (χ1v) is 6.19. The Morgan fingerprint density at radius 3 is 2.31 bits per heavy atom. The molecule has 0 aliphatic carbocycles. The molecule has 1 N–H and O–H groups in total. The fourth-order valence-electron chi connectivity index (χ4n) is 1.47. The van der Waals surface area contributed by atoms with E-state index in [9.17, 15) is 8.42 Å². The van der Waals surface area contributed by atoms with Gasteiger partial charge in [-0.05, 0) is 19.8 Å². The fourth-order valence-corrected chi connectivity index (χ4v) is 2.93. The van der Waals surface area contributed by atoms with Gasteiger partial charge in [-0.1, -0.05) is 6.42 Å². The Morgan fingerprint density at radius 1 is 1.31 bits per heavy atom. The van der Waals surface area contributed by atoms with Crippen LogP contribution in [-0.2, 0) is 10.0 Å². The van der Waals surface area contributed by atoms with Crippen molar-refractivity contribution in [1.29, 1.82) is 0 Å². The first kappa shape index (κ1) is 10.9. The predicted octanol–water partition coefficient (Wildman–Crippen LogP) is 0.183. The molecule has 1 heterocycles. The summed E-state index contributed by atoms with van der Waals surface area (Å²) in [5.74, 6) is 0. The SMILES string of the molecule is CC(CO)S(=O)(=O)N1CCCCC1. The summed E-state index contributed by atoms with van der Waals surface area (Å²) in [4.78, 5) is 0. The maximum Gasteiger partial charge on any atom is 0.218 e. The summed E-state index contributed by atoms with van der Waals surface area (Å²) in [6.45, 7) is 2.49. The molecule has 0 aromatic heterocycles. The molecule has 1 aliphatic rings. The van der Waals surface area contributed by atoms with Crippen LogP contribution in [0, 0.1) is 0 Å². The van der Waals surface area contributed by atoms with Crippen LogP contribution in [0.5, 0.6) is 0 Å². The zero-order valence-electron chi connectivity index (χ0n) is 7.94. The van der Waals surface area contributed by atoms with E-state index in [1.807, 2.05) is 0 Å². The highest BCUT2D eigenvalue weighted by molar-refractivity contribution is 7.89. The van der Waals surface area contributed by atoms with E-state index in [2.05, 4.69) is 0 Å². The lowest BCUT2D eigenvalue weighted by Crippen LogP contribution is -2.41. The van der Waals surface area contributed by atoms with E-state index in [1.165, 1.54) is 4.31 Å². The van der Waals surface area contributed by atoms with E-state index in [1.54, 1.807) is 6.92 Å². The number of sulfonamides is 1. The minimum absolute atomic E-state index is 0.293. The highest BCUT2D eigenvalue weighted by atomic mass is 32.2. The number of piperidine rings is 1. The Balaban J connectivity index is 2.67. The number of rotatable bonds is 3. The zero-order chi connectivity index (χ0) is 9.90. The van der Waals surface area contributed by atoms with Gasteiger partial charge < -0.3 is 5.11 Å². The van der Waals surface area contributed by atoms with E-state index in [0.717, 1.165) is 19.3 Å². The van der Waals surface area contributed by atoms with Gasteiger partial charge in [0.1, 0.15) is 0 Å². The van der Waals surface area contributed by atoms with Crippen molar-refractivity contribution in [1.82, 2.24) is 4.31 Å². The second-order valence-corrected chi connectivity index (χ2v) is 5.85. The maximum atomic E-state index is 11.7. The van der Waals surface area contributed by atoms with Gasteiger partial charge in [0.25, 0.3) is 0 Å². The molecule has 1 atom stereocenters. The standard InChI is InChI=1S/C8H17NO3S/c1-8(7-10)13(11,12)9-5-3-2-4-6-9/h8,10H,2-7H2,1H3. The summed E-state index contributed by atoms with van der Waals surface area (Å²) in [6, 6.07) is 0. The lowest BCUT2D eigenvalue weighted by molar-refractivity contribution is 0.283. The Bertz CT molecular complexity index is 244. The van der Waals surface area contributed by atoms with Gasteiger partial charge in [0.2, 0.25) is 10.0 Å². The van der Waals surface area contributed by atoms with Gasteiger partial charge >= 0.3 is 0 Å². The predicted molar refractivity (Wildman–Crippen MR) is 50.9 cm³/mol. The molecule has 13 heavy (non-hydrogen) atoms. The average Bonchev–Trinajstić information content (AvgIpc) is 2.18. The molecule has 0 bridgehead atoms. The van der Waals surface area contributed by atoms with Gasteiger partial charge in [0.05, 0.1) is 11.9 Å². The maximum absolute atomic E-state index is 11.7. The summed E-state index contributed by atoms with van der Waals surface area (Å²) >= 11 is 0. The van der Waals surface area contributed by atoms with Gasteiger partial charge in [-0.25, -0.2) is 12.7 Å². The molecule has 1 unspecified atom stereocenters. The van der Waals surface area contributed by atoms with Crippen LogP contribution >= 0.6 is 0 Å². The molecule has 0 radical (unpaired) electrons. The van der Waals surface area contributed by atoms with Crippen LogP contribution in [0.25, 0.3) is 0 Å². The molecule has 0 spiro atoms. The normalized spacial score (nSPS) is 22.9. The Hall–Kier alpha value is -0.130. The summed E-state index contributed by atoms with van der Waals surface area (Å²) in [6.07, 6.45) is 2.99. The van der Waals surface area contributed by atoms with Crippen LogP contribution in [0.4, 0.5) is 0 Å². The minimum atomic E-state index is -3.23. The number of aliphatic hydroxyl groups excluding tert-OH is 1. The molecule has 4 nitrogen and oxygen atoms in total. The average molecular weight is 207 g/mol. The molecule has 1 fully saturated rings. The largest absolute Gasteiger partial charge is 0.395 e. The van der Waals surface area contributed by atoms with Crippen molar-refractivity contribution in [3.05, 3.63) is 0 Å². The third-order valence-electron chi connectivity index (χ3n) is 2.44. The highest BCUT2D eigenvalue weighted by Gasteiger charge is 2.28. The molecule has 0 aromatic carbocycles. The summed E-state index contributed by atoms with van der Waals surface area (Å²) in [5.41, 5.74) is 0. The first-order chi connectivity index (χ1) is 6.09. The topological polar surface area (TPSA) is 57.6 Å². The Labute approximate surface area is 79.6 Å². The molecule has 0 amide bonds. The quantitative estimate of drug-likeness (QED) is 0.718. The zero-order valence-corrected chi connectivity index (χ0v) is 8.76. The summed E-state index contributed by atoms with van der Waals surface area (Å²) < 4.78 is 24.9. The Morgan fingerprint density at radius 2 is 1.85 bits per heavy atom. The number of nitrogens with zero attached hydrogens (tertiary/aromatic N) is 1. The van der Waals surface area contributed by atoms with Crippen molar-refractivity contribution in [3.63, 3.8) is 0 Å². The van der Waals surface area contributed by atoms with Gasteiger partial charge in [-0.15, -0.1) is 0 Å². The van der Waals surface area contributed by atoms with E-state index < -0.39 is 15.3 Å². The third-order valence-corrected chi connectivity index (χ3v) is 4.69. The third kappa shape index (κ3) is 2.42. The van der Waals surface area contributed by atoms with Crippen LogP contribution in [-0.4, -0.2) is 42.8 Å². The summed E-state index contributed by atoms with van der Waals surface area (Å²) in [5, 5.41) is 8.13. The number of hydrogen-bond acceptors (Lipinski definition) is 3. The molecule has 78 valence electrons. The van der Waals surface area contributed by atoms with Crippen molar-refractivity contribution >= 4 is 10.0 Å². The van der Waals surface area contributed by atoms with Crippen molar-refractivity contribution in [2.45, 2.75) is 31.4 Å². The molecular weight excluding hydrogens is 190 g/mol. The van der Waals surface area contributed by atoms with Crippen molar-refractivity contribution in [2.75, 3.05) is 19.7 Å². The second-order valence-electron chi connectivity index (χ2n) is 3.50. The van der Waals surface area contributed by atoms with E-state index in [-0.39, 0.29) is 6.61 Å². The Kier molecular flexibility index (Phi) is 3.70. The first-order valence-electron chi connectivity index (χ1n) is 4.69. The molecule has 1 aliphatic heterocycles. The minimum Gasteiger partial charge on any atom is -0.395 e. The molecule has 5 heteroatoms. The van der Waals surface area contributed by atoms with Gasteiger partial charge in [-0.2, -0.15) is 0 Å².